The smallest absolute Gasteiger partial charge is 0.0160 e. The average Bonchev–Trinajstić information content (AvgIpc) is 2.43. The highest BCUT2D eigenvalue weighted by Crippen LogP contribution is 2.28. The Kier molecular flexibility index (Phi) is 3.23. The van der Waals surface area contributed by atoms with Crippen LogP contribution in [0.1, 0.15) is 11.1 Å². The lowest BCUT2D eigenvalue weighted by Gasteiger charge is -2.09. The second kappa shape index (κ2) is 4.87. The molecule has 3 aromatic rings. The molecule has 0 aliphatic heterocycles. The van der Waals surface area contributed by atoms with E-state index in [9.17, 15) is 0 Å². The van der Waals surface area contributed by atoms with Crippen molar-refractivity contribution in [3.63, 3.8) is 0 Å². The van der Waals surface area contributed by atoms with Crippen LogP contribution in [0.3, 0.4) is 0 Å². The van der Waals surface area contributed by atoms with E-state index in [0.29, 0.717) is 0 Å². The monoisotopic (exact) mass is 270 g/mol. The molecule has 0 N–H and O–H groups in total. The second-order valence-corrected chi connectivity index (χ2v) is 5.08. The molecule has 0 heterocycles. The van der Waals surface area contributed by atoms with Gasteiger partial charge in [-0.25, -0.2) is 0 Å². The molecule has 3 aromatic carbocycles. The lowest BCUT2D eigenvalue weighted by Crippen LogP contribution is -1.86. The molecule has 90 valence electrons. The Morgan fingerprint density at radius 3 is 1.50 bits per heavy atom. The molecule has 0 saturated heterocycles. The van der Waals surface area contributed by atoms with Gasteiger partial charge in [0.25, 0.3) is 0 Å². The van der Waals surface area contributed by atoms with Crippen LogP contribution in [0, 0.1) is 0 Å². The molecule has 0 aliphatic carbocycles. The van der Waals surface area contributed by atoms with E-state index < -0.39 is 0 Å². The predicted octanol–water partition coefficient (Wildman–Crippen LogP) is 4.85. The standard InChI is InChI=1S/C16H14S2/c17-9-13-5-1-3-11-7-16-12(8-15(11)13)4-2-6-14(16)10-18/h1-8,17-18H,9-10H2. The fourth-order valence-corrected chi connectivity index (χ4v) is 3.01. The first-order valence-corrected chi connectivity index (χ1v) is 7.25. The maximum Gasteiger partial charge on any atom is 0.0160 e. The average molecular weight is 270 g/mol. The van der Waals surface area contributed by atoms with Gasteiger partial charge in [-0.15, -0.1) is 0 Å². The second-order valence-electron chi connectivity index (χ2n) is 4.44. The molecule has 3 rings (SSSR count). The van der Waals surface area contributed by atoms with Gasteiger partial charge >= 0.3 is 0 Å². The topological polar surface area (TPSA) is 0 Å². The van der Waals surface area contributed by atoms with Gasteiger partial charge in [-0.05, 0) is 44.8 Å². The molecule has 0 saturated carbocycles. The summed E-state index contributed by atoms with van der Waals surface area (Å²) in [5, 5.41) is 5.17. The third-order valence-electron chi connectivity index (χ3n) is 3.40. The first-order chi connectivity index (χ1) is 8.83. The molecule has 0 amide bonds. The van der Waals surface area contributed by atoms with Crippen molar-refractivity contribution in [2.75, 3.05) is 0 Å². The van der Waals surface area contributed by atoms with Gasteiger partial charge < -0.3 is 0 Å². The molecule has 0 unspecified atom stereocenters. The number of hydrogen-bond donors (Lipinski definition) is 2. The summed E-state index contributed by atoms with van der Waals surface area (Å²) in [5.41, 5.74) is 2.57. The largest absolute Gasteiger partial charge is 0.175 e. The molecule has 0 atom stereocenters. The van der Waals surface area contributed by atoms with Crippen molar-refractivity contribution in [1.82, 2.24) is 0 Å². The molecule has 0 nitrogen and oxygen atoms in total. The van der Waals surface area contributed by atoms with Crippen molar-refractivity contribution in [3.05, 3.63) is 59.7 Å². The van der Waals surface area contributed by atoms with Crippen molar-refractivity contribution < 1.29 is 0 Å². The van der Waals surface area contributed by atoms with Crippen molar-refractivity contribution in [2.24, 2.45) is 0 Å². The van der Waals surface area contributed by atoms with Crippen molar-refractivity contribution in [2.45, 2.75) is 11.5 Å². The van der Waals surface area contributed by atoms with Crippen LogP contribution in [0.5, 0.6) is 0 Å². The Balaban J connectivity index is 2.43. The van der Waals surface area contributed by atoms with Crippen molar-refractivity contribution >= 4 is 46.8 Å². The van der Waals surface area contributed by atoms with Gasteiger partial charge in [-0.2, -0.15) is 25.3 Å². The molecule has 0 spiro atoms. The van der Waals surface area contributed by atoms with E-state index in [0.717, 1.165) is 11.5 Å². The molecule has 0 bridgehead atoms. The lowest BCUT2D eigenvalue weighted by atomic mass is 9.98. The maximum absolute atomic E-state index is 4.41. The highest BCUT2D eigenvalue weighted by Gasteiger charge is 2.04. The minimum atomic E-state index is 0.773. The van der Waals surface area contributed by atoms with E-state index >= 15 is 0 Å². The summed E-state index contributed by atoms with van der Waals surface area (Å²) in [6.07, 6.45) is 0. The first-order valence-electron chi connectivity index (χ1n) is 5.98. The van der Waals surface area contributed by atoms with Crippen LogP contribution in [-0.2, 0) is 11.5 Å². The predicted molar refractivity (Wildman–Crippen MR) is 86.8 cm³/mol. The zero-order valence-electron chi connectivity index (χ0n) is 9.93. The van der Waals surface area contributed by atoms with E-state index in [-0.39, 0.29) is 0 Å². The van der Waals surface area contributed by atoms with E-state index in [1.54, 1.807) is 0 Å². The Labute approximate surface area is 118 Å². The molecular formula is C16H14S2. The van der Waals surface area contributed by atoms with Crippen LogP contribution in [-0.4, -0.2) is 0 Å². The zero-order chi connectivity index (χ0) is 12.5. The fraction of sp³-hybridized carbons (Fsp3) is 0.125. The van der Waals surface area contributed by atoms with Gasteiger partial charge in [-0.1, -0.05) is 36.4 Å². The minimum absolute atomic E-state index is 0.773. The third kappa shape index (κ3) is 1.90. The molecular weight excluding hydrogens is 256 g/mol. The van der Waals surface area contributed by atoms with Gasteiger partial charge in [0.15, 0.2) is 0 Å². The molecule has 0 fully saturated rings. The first kappa shape index (κ1) is 11.9. The van der Waals surface area contributed by atoms with E-state index in [1.165, 1.54) is 32.7 Å². The van der Waals surface area contributed by atoms with Gasteiger partial charge in [0.05, 0.1) is 0 Å². The van der Waals surface area contributed by atoms with Gasteiger partial charge in [0.2, 0.25) is 0 Å². The zero-order valence-corrected chi connectivity index (χ0v) is 11.7. The van der Waals surface area contributed by atoms with E-state index in [2.05, 4.69) is 73.8 Å². The quantitative estimate of drug-likeness (QED) is 0.482. The SMILES string of the molecule is SCc1cccc2cc3c(CS)cccc3cc12. The summed E-state index contributed by atoms with van der Waals surface area (Å²) in [6.45, 7) is 0. The summed E-state index contributed by atoms with van der Waals surface area (Å²) in [5.74, 6) is 1.55. The Hall–Kier alpha value is -1.12. The highest BCUT2D eigenvalue weighted by atomic mass is 32.1. The Morgan fingerprint density at radius 1 is 0.667 bits per heavy atom. The fourth-order valence-electron chi connectivity index (χ4n) is 2.46. The van der Waals surface area contributed by atoms with Crippen molar-refractivity contribution in [1.29, 1.82) is 0 Å². The number of rotatable bonds is 2. The van der Waals surface area contributed by atoms with Crippen LogP contribution >= 0.6 is 25.3 Å². The summed E-state index contributed by atoms with van der Waals surface area (Å²) in [4.78, 5) is 0. The van der Waals surface area contributed by atoms with E-state index in [1.807, 2.05) is 0 Å². The molecule has 2 heteroatoms. The Morgan fingerprint density at radius 2 is 1.11 bits per heavy atom. The number of benzene rings is 3. The lowest BCUT2D eigenvalue weighted by molar-refractivity contribution is 1.47. The summed E-state index contributed by atoms with van der Waals surface area (Å²) in [6, 6.07) is 17.3. The Bertz CT molecular complexity index is 653. The van der Waals surface area contributed by atoms with Crippen LogP contribution in [0.25, 0.3) is 21.5 Å². The van der Waals surface area contributed by atoms with Gasteiger partial charge in [0.1, 0.15) is 0 Å². The normalized spacial score (nSPS) is 11.2. The number of hydrogen-bond acceptors (Lipinski definition) is 2. The molecule has 18 heavy (non-hydrogen) atoms. The van der Waals surface area contributed by atoms with Crippen LogP contribution in [0.4, 0.5) is 0 Å². The summed E-state index contributed by atoms with van der Waals surface area (Å²) in [7, 11) is 0. The highest BCUT2D eigenvalue weighted by molar-refractivity contribution is 7.79. The maximum atomic E-state index is 4.41. The van der Waals surface area contributed by atoms with Crippen LogP contribution < -0.4 is 0 Å². The van der Waals surface area contributed by atoms with Crippen LogP contribution in [0.15, 0.2) is 48.5 Å². The van der Waals surface area contributed by atoms with E-state index in [4.69, 9.17) is 0 Å². The van der Waals surface area contributed by atoms with Gasteiger partial charge in [0, 0.05) is 11.5 Å². The van der Waals surface area contributed by atoms with Crippen LogP contribution in [0.2, 0.25) is 0 Å². The third-order valence-corrected chi connectivity index (χ3v) is 4.08. The molecule has 0 aromatic heterocycles. The minimum Gasteiger partial charge on any atom is -0.175 e. The number of fused-ring (bicyclic) bond motifs is 2. The molecule has 0 radical (unpaired) electrons. The number of thiol groups is 2. The van der Waals surface area contributed by atoms with Gasteiger partial charge in [-0.3, -0.25) is 0 Å². The van der Waals surface area contributed by atoms with Crippen molar-refractivity contribution in [3.8, 4) is 0 Å². The molecule has 0 aliphatic rings. The summed E-state index contributed by atoms with van der Waals surface area (Å²) >= 11 is 8.81. The summed E-state index contributed by atoms with van der Waals surface area (Å²) < 4.78 is 0.